The Hall–Kier alpha value is -2.47. The lowest BCUT2D eigenvalue weighted by molar-refractivity contribution is -0.139. The summed E-state index contributed by atoms with van der Waals surface area (Å²) < 4.78 is 0. The number of aryl methyl sites for hydroxylation is 2. The highest BCUT2D eigenvalue weighted by Gasteiger charge is 2.32. The van der Waals surface area contributed by atoms with Crippen molar-refractivity contribution in [1.82, 2.24) is 10.2 Å². The Morgan fingerprint density at radius 2 is 1.56 bits per heavy atom. The van der Waals surface area contributed by atoms with E-state index in [2.05, 4.69) is 37.4 Å². The monoisotopic (exact) mass is 582 g/mol. The highest BCUT2D eigenvalue weighted by atomic mass is 35.5. The smallest absolute Gasteiger partial charge is 0.243 e. The van der Waals surface area contributed by atoms with Gasteiger partial charge in [-0.25, -0.2) is 0 Å². The Bertz CT molecular complexity index is 1240. The fraction of sp³-hybridized carbons (Fsp3) is 0.375. The Morgan fingerprint density at radius 1 is 0.923 bits per heavy atom. The summed E-state index contributed by atoms with van der Waals surface area (Å²) in [4.78, 5) is 29.4. The van der Waals surface area contributed by atoms with Gasteiger partial charge in [0.2, 0.25) is 11.8 Å². The van der Waals surface area contributed by atoms with E-state index in [9.17, 15) is 9.59 Å². The number of thioether (sulfide) groups is 1. The first-order chi connectivity index (χ1) is 18.8. The van der Waals surface area contributed by atoms with Gasteiger partial charge in [0, 0.05) is 40.4 Å². The van der Waals surface area contributed by atoms with Crippen LogP contribution < -0.4 is 5.32 Å². The maximum atomic E-state index is 13.9. The van der Waals surface area contributed by atoms with Crippen LogP contribution in [-0.4, -0.2) is 34.6 Å². The number of nitrogens with zero attached hydrogens (tertiary/aromatic N) is 1. The highest BCUT2D eigenvalue weighted by molar-refractivity contribution is 7.99. The SMILES string of the molecule is Cc1cc(C)cc(CSCC(=O)N(Cc2c(Cl)cccc2Cl)C(Cc2ccccc2)C(=O)NC2CCCC2)c1. The molecule has 0 bridgehead atoms. The molecule has 4 nitrogen and oxygen atoms in total. The number of hydrogen-bond donors (Lipinski definition) is 1. The molecule has 1 atom stereocenters. The zero-order valence-corrected chi connectivity index (χ0v) is 24.9. The fourth-order valence-corrected chi connectivity index (χ4v) is 6.63. The lowest BCUT2D eigenvalue weighted by atomic mass is 10.0. The van der Waals surface area contributed by atoms with Gasteiger partial charge in [-0.1, -0.05) is 102 Å². The summed E-state index contributed by atoms with van der Waals surface area (Å²) >= 11 is 14.7. The van der Waals surface area contributed by atoms with Crippen molar-refractivity contribution in [3.63, 3.8) is 0 Å². The van der Waals surface area contributed by atoms with Crippen LogP contribution in [0.15, 0.2) is 66.7 Å². The third-order valence-electron chi connectivity index (χ3n) is 7.14. The Morgan fingerprint density at radius 3 is 2.21 bits per heavy atom. The topological polar surface area (TPSA) is 49.4 Å². The molecule has 7 heteroatoms. The average Bonchev–Trinajstić information content (AvgIpc) is 3.40. The summed E-state index contributed by atoms with van der Waals surface area (Å²) in [5.41, 5.74) is 5.25. The van der Waals surface area contributed by atoms with Crippen LogP contribution >= 0.6 is 35.0 Å². The second kappa shape index (κ2) is 14.2. The Balaban J connectivity index is 1.60. The van der Waals surface area contributed by atoms with Gasteiger partial charge in [-0.3, -0.25) is 9.59 Å². The van der Waals surface area contributed by atoms with Crippen molar-refractivity contribution in [2.24, 2.45) is 0 Å². The van der Waals surface area contributed by atoms with Crippen LogP contribution in [0.5, 0.6) is 0 Å². The third-order valence-corrected chi connectivity index (χ3v) is 8.84. The number of carbonyl (C=O) groups excluding carboxylic acids is 2. The van der Waals surface area contributed by atoms with E-state index >= 15 is 0 Å². The summed E-state index contributed by atoms with van der Waals surface area (Å²) in [7, 11) is 0. The molecule has 0 heterocycles. The van der Waals surface area contributed by atoms with Crippen LogP contribution in [0.3, 0.4) is 0 Å². The second-order valence-electron chi connectivity index (χ2n) is 10.4. The number of nitrogens with one attached hydrogen (secondary N) is 1. The minimum atomic E-state index is -0.686. The highest BCUT2D eigenvalue weighted by Crippen LogP contribution is 2.28. The van der Waals surface area contributed by atoms with E-state index in [0.717, 1.165) is 31.2 Å². The maximum Gasteiger partial charge on any atom is 0.243 e. The number of amides is 2. The summed E-state index contributed by atoms with van der Waals surface area (Å²) in [6.07, 6.45) is 4.58. The van der Waals surface area contributed by atoms with Gasteiger partial charge in [0.1, 0.15) is 6.04 Å². The first-order valence-electron chi connectivity index (χ1n) is 13.5. The summed E-state index contributed by atoms with van der Waals surface area (Å²) in [5, 5.41) is 4.21. The normalized spacial score (nSPS) is 14.3. The molecule has 1 unspecified atom stereocenters. The molecule has 0 radical (unpaired) electrons. The third kappa shape index (κ3) is 8.51. The molecule has 3 aromatic carbocycles. The first kappa shape index (κ1) is 29.5. The van der Waals surface area contributed by atoms with E-state index in [1.54, 1.807) is 34.9 Å². The molecule has 4 rings (SSSR count). The van der Waals surface area contributed by atoms with Gasteiger partial charge in [-0.2, -0.15) is 0 Å². The molecule has 1 saturated carbocycles. The Labute approximate surface area is 246 Å². The molecule has 1 aliphatic rings. The molecular formula is C32H36Cl2N2O2S. The lowest BCUT2D eigenvalue weighted by Crippen LogP contribution is -2.52. The summed E-state index contributed by atoms with van der Waals surface area (Å²) in [5.74, 6) is 0.730. The van der Waals surface area contributed by atoms with Gasteiger partial charge in [0.15, 0.2) is 0 Å². The summed E-state index contributed by atoms with van der Waals surface area (Å²) in [6.45, 7) is 4.33. The van der Waals surface area contributed by atoms with Crippen molar-refractivity contribution in [2.75, 3.05) is 5.75 Å². The predicted octanol–water partition coefficient (Wildman–Crippen LogP) is 7.54. The molecule has 0 saturated heterocycles. The molecule has 3 aromatic rings. The van der Waals surface area contributed by atoms with Gasteiger partial charge in [0.05, 0.1) is 5.75 Å². The number of rotatable bonds is 11. The second-order valence-corrected chi connectivity index (χ2v) is 12.2. The van der Waals surface area contributed by atoms with Crippen LogP contribution in [0.25, 0.3) is 0 Å². The minimum absolute atomic E-state index is 0.108. The molecular weight excluding hydrogens is 547 g/mol. The Kier molecular flexibility index (Phi) is 10.8. The summed E-state index contributed by atoms with van der Waals surface area (Å²) in [6, 6.07) is 21.1. The van der Waals surface area contributed by atoms with E-state index in [0.29, 0.717) is 27.8 Å². The van der Waals surface area contributed by atoms with Crippen LogP contribution in [0.1, 0.15) is 53.5 Å². The van der Waals surface area contributed by atoms with Crippen LogP contribution in [-0.2, 0) is 28.3 Å². The van der Waals surface area contributed by atoms with Crippen molar-refractivity contribution in [2.45, 2.75) is 70.3 Å². The molecule has 0 aliphatic heterocycles. The average molecular weight is 584 g/mol. The zero-order valence-electron chi connectivity index (χ0n) is 22.6. The molecule has 1 N–H and O–H groups in total. The van der Waals surface area contributed by atoms with Crippen molar-refractivity contribution in [3.8, 4) is 0 Å². The lowest BCUT2D eigenvalue weighted by Gasteiger charge is -2.33. The van der Waals surface area contributed by atoms with Crippen molar-refractivity contribution >= 4 is 46.8 Å². The maximum absolute atomic E-state index is 13.9. The van der Waals surface area contributed by atoms with Gasteiger partial charge < -0.3 is 10.2 Å². The number of carbonyl (C=O) groups is 2. The van der Waals surface area contributed by atoms with E-state index in [1.165, 1.54) is 16.7 Å². The largest absolute Gasteiger partial charge is 0.352 e. The van der Waals surface area contributed by atoms with E-state index < -0.39 is 6.04 Å². The quantitative estimate of drug-likeness (QED) is 0.254. The van der Waals surface area contributed by atoms with Crippen LogP contribution in [0.4, 0.5) is 0 Å². The van der Waals surface area contributed by atoms with E-state index in [-0.39, 0.29) is 30.2 Å². The first-order valence-corrected chi connectivity index (χ1v) is 15.4. The molecule has 0 aromatic heterocycles. The standard InChI is InChI=1S/C32H36Cl2N2O2S/c1-22-15-23(2)17-25(16-22)20-39-21-31(37)36(19-27-28(33)13-8-14-29(27)34)30(18-24-9-4-3-5-10-24)32(38)35-26-11-6-7-12-26/h3-5,8-10,13-17,26,30H,6-7,11-12,18-21H2,1-2H3,(H,35,38). The van der Waals surface area contributed by atoms with Gasteiger partial charge >= 0.3 is 0 Å². The van der Waals surface area contributed by atoms with Crippen molar-refractivity contribution < 1.29 is 9.59 Å². The van der Waals surface area contributed by atoms with Crippen molar-refractivity contribution in [3.05, 3.63) is 105 Å². The minimum Gasteiger partial charge on any atom is -0.352 e. The molecule has 2 amide bonds. The van der Waals surface area contributed by atoms with Gasteiger partial charge in [0.25, 0.3) is 0 Å². The molecule has 1 aliphatic carbocycles. The van der Waals surface area contributed by atoms with Crippen LogP contribution in [0, 0.1) is 13.8 Å². The van der Waals surface area contributed by atoms with Gasteiger partial charge in [-0.05, 0) is 49.9 Å². The molecule has 206 valence electrons. The zero-order chi connectivity index (χ0) is 27.8. The fourth-order valence-electron chi connectivity index (χ4n) is 5.27. The van der Waals surface area contributed by atoms with E-state index in [1.807, 2.05) is 30.3 Å². The predicted molar refractivity (Wildman–Crippen MR) is 163 cm³/mol. The number of hydrogen-bond acceptors (Lipinski definition) is 3. The van der Waals surface area contributed by atoms with Crippen LogP contribution in [0.2, 0.25) is 10.0 Å². The number of benzene rings is 3. The molecule has 39 heavy (non-hydrogen) atoms. The van der Waals surface area contributed by atoms with Gasteiger partial charge in [-0.15, -0.1) is 11.8 Å². The molecule has 0 spiro atoms. The van der Waals surface area contributed by atoms with E-state index in [4.69, 9.17) is 23.2 Å². The number of halogens is 2. The molecule has 1 fully saturated rings. The van der Waals surface area contributed by atoms with Crippen molar-refractivity contribution in [1.29, 1.82) is 0 Å².